The maximum atomic E-state index is 10.5. The molecule has 110 valence electrons. The van der Waals surface area contributed by atoms with Crippen LogP contribution >= 0.6 is 0 Å². The minimum atomic E-state index is -1.52. The van der Waals surface area contributed by atoms with Crippen molar-refractivity contribution in [3.63, 3.8) is 0 Å². The Balaban J connectivity index is 2.48. The highest BCUT2D eigenvalue weighted by molar-refractivity contribution is 5.85. The standard InChI is InChI=1S/C11H18O8/c1-5(10(16)17)2-3-18-11-9(15)8(14)7(13)6(4-12)19-11/h6-9,11-15H,1-4H2,(H,16,17)/t6-,7-,8+,9-,11-/m1/s1. The molecule has 1 fully saturated rings. The normalized spacial score (nSPS) is 35.1. The SMILES string of the molecule is C=C(CCO[C@@H]1O[C@H](CO)[C@@H](O)[C@H](O)[C@H]1O)C(=O)O. The molecule has 1 saturated heterocycles. The third kappa shape index (κ3) is 3.96. The molecule has 8 nitrogen and oxygen atoms in total. The molecule has 1 aliphatic rings. The highest BCUT2D eigenvalue weighted by Gasteiger charge is 2.43. The Hall–Kier alpha value is -1.03. The predicted molar refractivity (Wildman–Crippen MR) is 61.1 cm³/mol. The molecule has 0 spiro atoms. The fourth-order valence-electron chi connectivity index (χ4n) is 1.61. The van der Waals surface area contributed by atoms with Gasteiger partial charge in [-0.1, -0.05) is 6.58 Å². The van der Waals surface area contributed by atoms with Gasteiger partial charge in [-0.15, -0.1) is 0 Å². The smallest absolute Gasteiger partial charge is 0.331 e. The molecule has 0 saturated carbocycles. The van der Waals surface area contributed by atoms with E-state index in [-0.39, 0.29) is 18.6 Å². The van der Waals surface area contributed by atoms with Crippen molar-refractivity contribution in [3.8, 4) is 0 Å². The molecular formula is C11H18O8. The zero-order chi connectivity index (χ0) is 14.6. The maximum Gasteiger partial charge on any atom is 0.331 e. The number of aliphatic carboxylic acids is 1. The summed E-state index contributed by atoms with van der Waals surface area (Å²) >= 11 is 0. The molecule has 0 bridgehead atoms. The van der Waals surface area contributed by atoms with Crippen LogP contribution in [0.5, 0.6) is 0 Å². The van der Waals surface area contributed by atoms with Crippen LogP contribution < -0.4 is 0 Å². The fraction of sp³-hybridized carbons (Fsp3) is 0.727. The van der Waals surface area contributed by atoms with E-state index in [2.05, 4.69) is 6.58 Å². The number of carbonyl (C=O) groups is 1. The Morgan fingerprint density at radius 3 is 2.37 bits per heavy atom. The van der Waals surface area contributed by atoms with E-state index in [4.69, 9.17) is 19.7 Å². The first-order valence-electron chi connectivity index (χ1n) is 5.71. The summed E-state index contributed by atoms with van der Waals surface area (Å²) in [6.45, 7) is 2.66. The number of hydrogen-bond donors (Lipinski definition) is 5. The average Bonchev–Trinajstić information content (AvgIpc) is 2.38. The highest BCUT2D eigenvalue weighted by Crippen LogP contribution is 2.22. The van der Waals surface area contributed by atoms with Crippen LogP contribution in [0.3, 0.4) is 0 Å². The van der Waals surface area contributed by atoms with Gasteiger partial charge >= 0.3 is 5.97 Å². The summed E-state index contributed by atoms with van der Waals surface area (Å²) in [6, 6.07) is 0. The van der Waals surface area contributed by atoms with Crippen LogP contribution in [0.25, 0.3) is 0 Å². The summed E-state index contributed by atoms with van der Waals surface area (Å²) in [5.74, 6) is -1.16. The average molecular weight is 278 g/mol. The van der Waals surface area contributed by atoms with Gasteiger partial charge in [0.2, 0.25) is 0 Å². The quantitative estimate of drug-likeness (QED) is 0.346. The molecule has 1 heterocycles. The van der Waals surface area contributed by atoms with Gasteiger partial charge < -0.3 is 35.0 Å². The number of rotatable bonds is 6. The predicted octanol–water partition coefficient (Wildman–Crippen LogP) is -2.17. The molecule has 0 radical (unpaired) electrons. The topological polar surface area (TPSA) is 137 Å². The minimum Gasteiger partial charge on any atom is -0.478 e. The van der Waals surface area contributed by atoms with E-state index in [0.29, 0.717) is 0 Å². The van der Waals surface area contributed by atoms with Crippen molar-refractivity contribution in [2.45, 2.75) is 37.1 Å². The Labute approximate surface area is 109 Å². The van der Waals surface area contributed by atoms with Crippen molar-refractivity contribution < 1.29 is 39.8 Å². The monoisotopic (exact) mass is 278 g/mol. The summed E-state index contributed by atoms with van der Waals surface area (Å²) in [5, 5.41) is 46.1. The molecule has 0 amide bonds. The van der Waals surface area contributed by atoms with Crippen molar-refractivity contribution in [3.05, 3.63) is 12.2 Å². The number of ether oxygens (including phenoxy) is 2. The molecule has 1 rings (SSSR count). The maximum absolute atomic E-state index is 10.5. The molecule has 5 N–H and O–H groups in total. The van der Waals surface area contributed by atoms with Gasteiger partial charge in [0.05, 0.1) is 13.2 Å². The third-order valence-electron chi connectivity index (χ3n) is 2.84. The lowest BCUT2D eigenvalue weighted by Crippen LogP contribution is -2.59. The van der Waals surface area contributed by atoms with Crippen LogP contribution in [0.4, 0.5) is 0 Å². The number of aliphatic hydroxyl groups excluding tert-OH is 4. The first-order valence-corrected chi connectivity index (χ1v) is 5.71. The van der Waals surface area contributed by atoms with E-state index in [0.717, 1.165) is 0 Å². The Kier molecular flexibility index (Phi) is 5.85. The van der Waals surface area contributed by atoms with Gasteiger partial charge in [0, 0.05) is 12.0 Å². The van der Waals surface area contributed by atoms with E-state index in [1.54, 1.807) is 0 Å². The molecule has 1 aliphatic heterocycles. The second kappa shape index (κ2) is 6.94. The lowest BCUT2D eigenvalue weighted by atomic mass is 9.99. The van der Waals surface area contributed by atoms with Gasteiger partial charge in [-0.2, -0.15) is 0 Å². The van der Waals surface area contributed by atoms with Crippen LogP contribution in [0.1, 0.15) is 6.42 Å². The first-order chi connectivity index (χ1) is 8.88. The molecule has 0 aromatic heterocycles. The van der Waals surface area contributed by atoms with Crippen LogP contribution in [0.15, 0.2) is 12.2 Å². The number of carboxylic acid groups (broad SMARTS) is 1. The molecule has 0 aliphatic carbocycles. The Morgan fingerprint density at radius 2 is 1.84 bits per heavy atom. The summed E-state index contributed by atoms with van der Waals surface area (Å²) in [6.07, 6.45) is -6.74. The van der Waals surface area contributed by atoms with Crippen molar-refractivity contribution >= 4 is 5.97 Å². The van der Waals surface area contributed by atoms with Gasteiger partial charge in [0.15, 0.2) is 6.29 Å². The second-order valence-corrected chi connectivity index (χ2v) is 4.23. The number of carboxylic acids is 1. The molecule has 8 heteroatoms. The number of hydrogen-bond acceptors (Lipinski definition) is 7. The largest absolute Gasteiger partial charge is 0.478 e. The Bertz CT molecular complexity index is 329. The van der Waals surface area contributed by atoms with Crippen molar-refractivity contribution in [1.29, 1.82) is 0 Å². The lowest BCUT2D eigenvalue weighted by molar-refractivity contribution is -0.300. The van der Waals surface area contributed by atoms with E-state index in [1.807, 2.05) is 0 Å². The van der Waals surface area contributed by atoms with E-state index < -0.39 is 43.3 Å². The molecule has 0 aromatic carbocycles. The second-order valence-electron chi connectivity index (χ2n) is 4.23. The highest BCUT2D eigenvalue weighted by atomic mass is 16.7. The van der Waals surface area contributed by atoms with Crippen LogP contribution in [0.2, 0.25) is 0 Å². The summed E-state index contributed by atoms with van der Waals surface area (Å²) in [7, 11) is 0. The summed E-state index contributed by atoms with van der Waals surface area (Å²) < 4.78 is 10.2. The zero-order valence-corrected chi connectivity index (χ0v) is 10.2. The first kappa shape index (κ1) is 16.0. The van der Waals surface area contributed by atoms with E-state index in [1.165, 1.54) is 0 Å². The lowest BCUT2D eigenvalue weighted by Gasteiger charge is -2.39. The third-order valence-corrected chi connectivity index (χ3v) is 2.84. The van der Waals surface area contributed by atoms with E-state index >= 15 is 0 Å². The Morgan fingerprint density at radius 1 is 1.21 bits per heavy atom. The van der Waals surface area contributed by atoms with E-state index in [9.17, 15) is 20.1 Å². The molecule has 19 heavy (non-hydrogen) atoms. The van der Waals surface area contributed by atoms with Gasteiger partial charge in [-0.3, -0.25) is 0 Å². The van der Waals surface area contributed by atoms with Crippen LogP contribution in [0, 0.1) is 0 Å². The molecule has 0 unspecified atom stereocenters. The molecule has 5 atom stereocenters. The summed E-state index contributed by atoms with van der Waals surface area (Å²) in [4.78, 5) is 10.5. The molecule has 0 aromatic rings. The minimum absolute atomic E-state index is 0.0182. The zero-order valence-electron chi connectivity index (χ0n) is 10.2. The van der Waals surface area contributed by atoms with Crippen LogP contribution in [-0.2, 0) is 14.3 Å². The summed E-state index contributed by atoms with van der Waals surface area (Å²) in [5.41, 5.74) is -0.0652. The van der Waals surface area contributed by atoms with Crippen molar-refractivity contribution in [2.24, 2.45) is 0 Å². The van der Waals surface area contributed by atoms with Gasteiger partial charge in [0.25, 0.3) is 0 Å². The number of aliphatic hydroxyl groups is 4. The van der Waals surface area contributed by atoms with Gasteiger partial charge in [-0.05, 0) is 0 Å². The van der Waals surface area contributed by atoms with Gasteiger partial charge in [0.1, 0.15) is 24.4 Å². The van der Waals surface area contributed by atoms with Crippen LogP contribution in [-0.4, -0.2) is 75.4 Å². The fourth-order valence-corrected chi connectivity index (χ4v) is 1.61. The molecular weight excluding hydrogens is 260 g/mol. The van der Waals surface area contributed by atoms with Crippen molar-refractivity contribution in [2.75, 3.05) is 13.2 Å². The van der Waals surface area contributed by atoms with Crippen molar-refractivity contribution in [1.82, 2.24) is 0 Å². The van der Waals surface area contributed by atoms with Gasteiger partial charge in [-0.25, -0.2) is 4.79 Å².